The molecule has 104 valence electrons. The SMILES string of the molecule is CNc1cc(C(=O)NCC(C)c2ccccc2)ccn1. The van der Waals surface area contributed by atoms with Gasteiger partial charge in [-0.1, -0.05) is 37.3 Å². The molecule has 2 N–H and O–H groups in total. The summed E-state index contributed by atoms with van der Waals surface area (Å²) < 4.78 is 0. The highest BCUT2D eigenvalue weighted by molar-refractivity contribution is 5.94. The average molecular weight is 269 g/mol. The number of rotatable bonds is 5. The third-order valence-electron chi connectivity index (χ3n) is 3.22. The Morgan fingerprint density at radius 1 is 1.25 bits per heavy atom. The van der Waals surface area contributed by atoms with E-state index in [1.165, 1.54) is 5.56 Å². The Morgan fingerprint density at radius 3 is 2.70 bits per heavy atom. The van der Waals surface area contributed by atoms with Gasteiger partial charge in [-0.15, -0.1) is 0 Å². The number of nitrogens with zero attached hydrogens (tertiary/aromatic N) is 1. The van der Waals surface area contributed by atoms with Gasteiger partial charge in [-0.05, 0) is 23.6 Å². The molecule has 2 aromatic rings. The normalized spacial score (nSPS) is 11.7. The topological polar surface area (TPSA) is 54.0 Å². The Kier molecular flexibility index (Phi) is 4.71. The fourth-order valence-electron chi connectivity index (χ4n) is 1.96. The van der Waals surface area contributed by atoms with Gasteiger partial charge < -0.3 is 10.6 Å². The lowest BCUT2D eigenvalue weighted by Gasteiger charge is -2.13. The zero-order valence-corrected chi connectivity index (χ0v) is 11.8. The first kappa shape index (κ1) is 14.1. The summed E-state index contributed by atoms with van der Waals surface area (Å²) in [4.78, 5) is 16.2. The van der Waals surface area contributed by atoms with Crippen molar-refractivity contribution in [2.75, 3.05) is 18.9 Å². The number of hydrogen-bond acceptors (Lipinski definition) is 3. The molecule has 1 aromatic carbocycles. The Balaban J connectivity index is 1.95. The standard InChI is InChI=1S/C16H19N3O/c1-12(13-6-4-3-5-7-13)11-19-16(20)14-8-9-18-15(10-14)17-2/h3-10,12H,11H2,1-2H3,(H,17,18)(H,19,20). The van der Waals surface area contributed by atoms with Crippen molar-refractivity contribution in [3.8, 4) is 0 Å². The highest BCUT2D eigenvalue weighted by Crippen LogP contribution is 2.13. The van der Waals surface area contributed by atoms with Crippen molar-refractivity contribution in [3.63, 3.8) is 0 Å². The second-order valence-electron chi connectivity index (χ2n) is 4.70. The van der Waals surface area contributed by atoms with E-state index in [4.69, 9.17) is 0 Å². The second kappa shape index (κ2) is 6.70. The molecular weight excluding hydrogens is 250 g/mol. The maximum absolute atomic E-state index is 12.1. The van der Waals surface area contributed by atoms with Crippen molar-refractivity contribution < 1.29 is 4.79 Å². The highest BCUT2D eigenvalue weighted by atomic mass is 16.1. The molecule has 0 bridgehead atoms. The Labute approximate surface area is 119 Å². The van der Waals surface area contributed by atoms with Crippen LogP contribution in [0, 0.1) is 0 Å². The molecule has 0 spiro atoms. The Bertz CT molecular complexity index is 569. The molecule has 0 saturated heterocycles. The zero-order chi connectivity index (χ0) is 14.4. The van der Waals surface area contributed by atoms with Crippen molar-refractivity contribution in [1.29, 1.82) is 0 Å². The first-order chi connectivity index (χ1) is 9.70. The van der Waals surface area contributed by atoms with Crippen LogP contribution in [-0.2, 0) is 0 Å². The summed E-state index contributed by atoms with van der Waals surface area (Å²) in [6.07, 6.45) is 1.63. The quantitative estimate of drug-likeness (QED) is 0.877. The van der Waals surface area contributed by atoms with Crippen molar-refractivity contribution in [2.24, 2.45) is 0 Å². The van der Waals surface area contributed by atoms with Crippen LogP contribution in [0.2, 0.25) is 0 Å². The van der Waals surface area contributed by atoms with E-state index < -0.39 is 0 Å². The molecule has 0 aliphatic rings. The minimum atomic E-state index is -0.0771. The second-order valence-corrected chi connectivity index (χ2v) is 4.70. The van der Waals surface area contributed by atoms with E-state index in [9.17, 15) is 4.79 Å². The zero-order valence-electron chi connectivity index (χ0n) is 11.8. The fraction of sp³-hybridized carbons (Fsp3) is 0.250. The molecule has 0 radical (unpaired) electrons. The molecule has 1 aromatic heterocycles. The van der Waals surface area contributed by atoms with Crippen molar-refractivity contribution in [1.82, 2.24) is 10.3 Å². The molecule has 2 rings (SSSR count). The molecule has 1 atom stereocenters. The van der Waals surface area contributed by atoms with E-state index in [0.29, 0.717) is 17.9 Å². The summed E-state index contributed by atoms with van der Waals surface area (Å²) in [7, 11) is 1.78. The minimum Gasteiger partial charge on any atom is -0.373 e. The largest absolute Gasteiger partial charge is 0.373 e. The number of anilines is 1. The van der Waals surface area contributed by atoms with Gasteiger partial charge in [0.15, 0.2) is 0 Å². The van der Waals surface area contributed by atoms with E-state index in [1.807, 2.05) is 18.2 Å². The van der Waals surface area contributed by atoms with Crippen molar-refractivity contribution in [3.05, 3.63) is 59.8 Å². The van der Waals surface area contributed by atoms with Crippen molar-refractivity contribution in [2.45, 2.75) is 12.8 Å². The lowest BCUT2D eigenvalue weighted by Crippen LogP contribution is -2.27. The van der Waals surface area contributed by atoms with Gasteiger partial charge in [-0.2, -0.15) is 0 Å². The van der Waals surface area contributed by atoms with E-state index >= 15 is 0 Å². The van der Waals surface area contributed by atoms with Crippen LogP contribution in [0.25, 0.3) is 0 Å². The van der Waals surface area contributed by atoms with Crippen LogP contribution < -0.4 is 10.6 Å². The van der Waals surface area contributed by atoms with E-state index in [-0.39, 0.29) is 11.8 Å². The lowest BCUT2D eigenvalue weighted by atomic mass is 10.0. The van der Waals surface area contributed by atoms with Gasteiger partial charge in [-0.25, -0.2) is 4.98 Å². The summed E-state index contributed by atoms with van der Waals surface area (Å²) >= 11 is 0. The third-order valence-corrected chi connectivity index (χ3v) is 3.22. The molecule has 4 nitrogen and oxygen atoms in total. The predicted octanol–water partition coefficient (Wildman–Crippen LogP) is 2.66. The van der Waals surface area contributed by atoms with Crippen molar-refractivity contribution >= 4 is 11.7 Å². The van der Waals surface area contributed by atoms with Gasteiger partial charge >= 0.3 is 0 Å². The number of amides is 1. The van der Waals surface area contributed by atoms with E-state index in [0.717, 1.165) is 0 Å². The molecule has 0 saturated carbocycles. The monoisotopic (exact) mass is 269 g/mol. The van der Waals surface area contributed by atoms with E-state index in [2.05, 4.69) is 34.7 Å². The summed E-state index contributed by atoms with van der Waals surface area (Å²) in [6.45, 7) is 2.71. The van der Waals surface area contributed by atoms with Crippen LogP contribution >= 0.6 is 0 Å². The lowest BCUT2D eigenvalue weighted by molar-refractivity contribution is 0.0951. The van der Waals surface area contributed by atoms with Gasteiger partial charge in [-0.3, -0.25) is 4.79 Å². The molecule has 1 heterocycles. The van der Waals surface area contributed by atoms with Crippen LogP contribution in [0.15, 0.2) is 48.7 Å². The van der Waals surface area contributed by atoms with Crippen LogP contribution in [0.1, 0.15) is 28.8 Å². The first-order valence-corrected chi connectivity index (χ1v) is 6.67. The summed E-state index contributed by atoms with van der Waals surface area (Å²) in [5.74, 6) is 0.895. The Hall–Kier alpha value is -2.36. The van der Waals surface area contributed by atoms with Crippen LogP contribution in [-0.4, -0.2) is 24.5 Å². The van der Waals surface area contributed by atoms with Crippen LogP contribution in [0.4, 0.5) is 5.82 Å². The summed E-state index contributed by atoms with van der Waals surface area (Å²) in [5, 5.41) is 5.88. The molecule has 0 fully saturated rings. The van der Waals surface area contributed by atoms with Gasteiger partial charge in [0.25, 0.3) is 5.91 Å². The highest BCUT2D eigenvalue weighted by Gasteiger charge is 2.09. The molecule has 20 heavy (non-hydrogen) atoms. The summed E-state index contributed by atoms with van der Waals surface area (Å²) in [5.41, 5.74) is 1.84. The minimum absolute atomic E-state index is 0.0771. The van der Waals surface area contributed by atoms with Gasteiger partial charge in [0.1, 0.15) is 5.82 Å². The number of hydrogen-bond donors (Lipinski definition) is 2. The molecule has 0 aliphatic carbocycles. The fourth-order valence-corrected chi connectivity index (χ4v) is 1.96. The third kappa shape index (κ3) is 3.57. The van der Waals surface area contributed by atoms with Gasteiger partial charge in [0.2, 0.25) is 0 Å². The number of pyridine rings is 1. The number of carbonyl (C=O) groups excluding carboxylic acids is 1. The van der Waals surface area contributed by atoms with Crippen LogP contribution in [0.5, 0.6) is 0 Å². The maximum atomic E-state index is 12.1. The number of benzene rings is 1. The molecule has 0 aliphatic heterocycles. The first-order valence-electron chi connectivity index (χ1n) is 6.67. The molecular formula is C16H19N3O. The number of carbonyl (C=O) groups is 1. The number of nitrogens with one attached hydrogen (secondary N) is 2. The van der Waals surface area contributed by atoms with Gasteiger partial charge in [0.05, 0.1) is 0 Å². The molecule has 1 unspecified atom stereocenters. The maximum Gasteiger partial charge on any atom is 0.251 e. The number of aromatic nitrogens is 1. The molecule has 4 heteroatoms. The van der Waals surface area contributed by atoms with E-state index in [1.54, 1.807) is 25.4 Å². The summed E-state index contributed by atoms with van der Waals surface area (Å²) in [6, 6.07) is 13.6. The van der Waals surface area contributed by atoms with Gasteiger partial charge in [0, 0.05) is 25.4 Å². The predicted molar refractivity (Wildman–Crippen MR) is 81.0 cm³/mol. The smallest absolute Gasteiger partial charge is 0.251 e. The van der Waals surface area contributed by atoms with Crippen LogP contribution in [0.3, 0.4) is 0 Å². The Morgan fingerprint density at radius 2 is 2.00 bits per heavy atom. The average Bonchev–Trinajstić information content (AvgIpc) is 2.53. The molecule has 1 amide bonds.